The average Bonchev–Trinajstić information content (AvgIpc) is 2.56. The summed E-state index contributed by atoms with van der Waals surface area (Å²) >= 11 is 0. The molecule has 0 aliphatic rings. The highest BCUT2D eigenvalue weighted by Crippen LogP contribution is 2.21. The van der Waals surface area contributed by atoms with Crippen LogP contribution in [0.1, 0.15) is 57.3 Å². The Morgan fingerprint density at radius 3 is 2.38 bits per heavy atom. The van der Waals surface area contributed by atoms with Gasteiger partial charge >= 0.3 is 0 Å². The van der Waals surface area contributed by atoms with E-state index in [1.165, 1.54) is 0 Å². The van der Waals surface area contributed by atoms with Crippen LogP contribution in [-0.4, -0.2) is 10.1 Å². The van der Waals surface area contributed by atoms with Gasteiger partial charge in [-0.1, -0.05) is 19.0 Å². The molecule has 0 spiro atoms. The molecule has 0 aliphatic carbocycles. The average molecular weight is 183 g/mol. The smallest absolute Gasteiger partial charge is 0.229 e. The standard InChI is InChI=1S/C9H17N3O/c1-4-7(5-2)9-11-8(6(3)10)12-13-9/h6-7H,4-5,10H2,1-3H3. The van der Waals surface area contributed by atoms with Crippen LogP contribution in [0.5, 0.6) is 0 Å². The van der Waals surface area contributed by atoms with E-state index in [9.17, 15) is 0 Å². The lowest BCUT2D eigenvalue weighted by molar-refractivity contribution is 0.341. The van der Waals surface area contributed by atoms with Crippen LogP contribution >= 0.6 is 0 Å². The molecule has 0 radical (unpaired) electrons. The number of aromatic nitrogens is 2. The quantitative estimate of drug-likeness (QED) is 0.775. The van der Waals surface area contributed by atoms with Crippen LogP contribution in [0.2, 0.25) is 0 Å². The number of nitrogens with two attached hydrogens (primary N) is 1. The zero-order valence-electron chi connectivity index (χ0n) is 8.45. The van der Waals surface area contributed by atoms with Crippen molar-refractivity contribution < 1.29 is 4.52 Å². The van der Waals surface area contributed by atoms with E-state index in [1.807, 2.05) is 6.92 Å². The van der Waals surface area contributed by atoms with Crippen molar-refractivity contribution in [2.75, 3.05) is 0 Å². The van der Waals surface area contributed by atoms with Crippen LogP contribution < -0.4 is 5.73 Å². The van der Waals surface area contributed by atoms with Crippen molar-refractivity contribution in [2.45, 2.75) is 45.6 Å². The van der Waals surface area contributed by atoms with Gasteiger partial charge in [-0.25, -0.2) is 0 Å². The molecule has 4 nitrogen and oxygen atoms in total. The van der Waals surface area contributed by atoms with Gasteiger partial charge < -0.3 is 10.3 Å². The summed E-state index contributed by atoms with van der Waals surface area (Å²) < 4.78 is 5.13. The van der Waals surface area contributed by atoms with Gasteiger partial charge in [0.15, 0.2) is 5.82 Å². The molecule has 13 heavy (non-hydrogen) atoms. The summed E-state index contributed by atoms with van der Waals surface area (Å²) in [6, 6.07) is -0.146. The molecular weight excluding hydrogens is 166 g/mol. The van der Waals surface area contributed by atoms with Gasteiger partial charge in [0.1, 0.15) is 0 Å². The van der Waals surface area contributed by atoms with Gasteiger partial charge in [0.2, 0.25) is 5.89 Å². The monoisotopic (exact) mass is 183 g/mol. The number of hydrogen-bond donors (Lipinski definition) is 1. The van der Waals surface area contributed by atoms with Gasteiger partial charge in [-0.05, 0) is 19.8 Å². The molecule has 1 rings (SSSR count). The van der Waals surface area contributed by atoms with Gasteiger partial charge in [-0.15, -0.1) is 0 Å². The normalized spacial score (nSPS) is 13.6. The summed E-state index contributed by atoms with van der Waals surface area (Å²) in [4.78, 5) is 4.25. The van der Waals surface area contributed by atoms with Crippen molar-refractivity contribution >= 4 is 0 Å². The highest BCUT2D eigenvalue weighted by molar-refractivity contribution is 4.95. The minimum atomic E-state index is -0.146. The zero-order valence-corrected chi connectivity index (χ0v) is 8.45. The first-order chi connectivity index (χ1) is 6.19. The highest BCUT2D eigenvalue weighted by atomic mass is 16.5. The topological polar surface area (TPSA) is 64.9 Å². The fraction of sp³-hybridized carbons (Fsp3) is 0.778. The first kappa shape index (κ1) is 10.2. The first-order valence-electron chi connectivity index (χ1n) is 4.78. The van der Waals surface area contributed by atoms with Crippen molar-refractivity contribution in [2.24, 2.45) is 5.73 Å². The molecule has 0 saturated heterocycles. The second-order valence-corrected chi connectivity index (χ2v) is 3.29. The predicted molar refractivity (Wildman–Crippen MR) is 50.2 cm³/mol. The lowest BCUT2D eigenvalue weighted by atomic mass is 10.0. The van der Waals surface area contributed by atoms with E-state index in [2.05, 4.69) is 24.0 Å². The van der Waals surface area contributed by atoms with Crippen molar-refractivity contribution in [3.8, 4) is 0 Å². The van der Waals surface area contributed by atoms with Gasteiger partial charge in [-0.3, -0.25) is 0 Å². The second-order valence-electron chi connectivity index (χ2n) is 3.29. The maximum Gasteiger partial charge on any atom is 0.229 e. The summed E-state index contributed by atoms with van der Waals surface area (Å²) in [5.41, 5.74) is 5.63. The van der Waals surface area contributed by atoms with E-state index in [-0.39, 0.29) is 6.04 Å². The summed E-state index contributed by atoms with van der Waals surface area (Å²) in [7, 11) is 0. The van der Waals surface area contributed by atoms with Gasteiger partial charge in [-0.2, -0.15) is 4.98 Å². The van der Waals surface area contributed by atoms with Gasteiger partial charge in [0, 0.05) is 5.92 Å². The van der Waals surface area contributed by atoms with E-state index >= 15 is 0 Å². The maximum atomic E-state index is 5.63. The lowest BCUT2D eigenvalue weighted by Gasteiger charge is -2.04. The second kappa shape index (κ2) is 4.37. The molecule has 0 amide bonds. The Kier molecular flexibility index (Phi) is 3.42. The number of hydrogen-bond acceptors (Lipinski definition) is 4. The lowest BCUT2D eigenvalue weighted by Crippen LogP contribution is -2.07. The molecule has 0 saturated carbocycles. The summed E-state index contributed by atoms with van der Waals surface area (Å²) in [5, 5.41) is 3.82. The van der Waals surface area contributed by atoms with Crippen LogP contribution in [0, 0.1) is 0 Å². The third kappa shape index (κ3) is 2.28. The Balaban J connectivity index is 2.78. The molecule has 4 heteroatoms. The molecule has 1 aromatic rings. The molecule has 1 heterocycles. The molecule has 1 unspecified atom stereocenters. The van der Waals surface area contributed by atoms with Crippen molar-refractivity contribution in [3.63, 3.8) is 0 Å². The molecular formula is C9H17N3O. The number of rotatable bonds is 4. The molecule has 0 bridgehead atoms. The predicted octanol–water partition coefficient (Wildman–Crippen LogP) is 1.99. The highest BCUT2D eigenvalue weighted by Gasteiger charge is 2.16. The molecule has 0 fully saturated rings. The SMILES string of the molecule is CCC(CC)c1nc(C(C)N)no1. The summed E-state index contributed by atoms with van der Waals surface area (Å²) in [6.45, 7) is 6.08. The maximum absolute atomic E-state index is 5.63. The van der Waals surface area contributed by atoms with E-state index in [4.69, 9.17) is 10.3 Å². The van der Waals surface area contributed by atoms with Crippen molar-refractivity contribution in [1.29, 1.82) is 0 Å². The number of nitrogens with zero attached hydrogens (tertiary/aromatic N) is 2. The van der Waals surface area contributed by atoms with Gasteiger partial charge in [0.25, 0.3) is 0 Å². The molecule has 1 atom stereocenters. The van der Waals surface area contributed by atoms with Crippen LogP contribution in [0.4, 0.5) is 0 Å². The van der Waals surface area contributed by atoms with Crippen molar-refractivity contribution in [1.82, 2.24) is 10.1 Å². The van der Waals surface area contributed by atoms with Crippen LogP contribution in [0.3, 0.4) is 0 Å². The Labute approximate surface area is 78.5 Å². The van der Waals surface area contributed by atoms with E-state index < -0.39 is 0 Å². The Morgan fingerprint density at radius 2 is 2.00 bits per heavy atom. The minimum absolute atomic E-state index is 0.146. The van der Waals surface area contributed by atoms with Crippen molar-refractivity contribution in [3.05, 3.63) is 11.7 Å². The first-order valence-corrected chi connectivity index (χ1v) is 4.78. The van der Waals surface area contributed by atoms with E-state index in [0.29, 0.717) is 11.7 Å². The summed E-state index contributed by atoms with van der Waals surface area (Å²) in [5.74, 6) is 1.69. The summed E-state index contributed by atoms with van der Waals surface area (Å²) in [6.07, 6.45) is 2.05. The van der Waals surface area contributed by atoms with E-state index in [0.717, 1.165) is 18.7 Å². The molecule has 0 aliphatic heterocycles. The largest absolute Gasteiger partial charge is 0.339 e. The van der Waals surface area contributed by atoms with Gasteiger partial charge in [0.05, 0.1) is 6.04 Å². The van der Waals surface area contributed by atoms with E-state index in [1.54, 1.807) is 0 Å². The fourth-order valence-electron chi connectivity index (χ4n) is 1.24. The Hall–Kier alpha value is -0.900. The fourth-order valence-corrected chi connectivity index (χ4v) is 1.24. The van der Waals surface area contributed by atoms with Crippen LogP contribution in [-0.2, 0) is 0 Å². The molecule has 0 aromatic carbocycles. The molecule has 1 aromatic heterocycles. The molecule has 74 valence electrons. The zero-order chi connectivity index (χ0) is 9.84. The third-order valence-electron chi connectivity index (χ3n) is 2.20. The Morgan fingerprint density at radius 1 is 1.38 bits per heavy atom. The Bertz CT molecular complexity index is 253. The van der Waals surface area contributed by atoms with Crippen LogP contribution in [0.15, 0.2) is 4.52 Å². The third-order valence-corrected chi connectivity index (χ3v) is 2.20. The molecule has 2 N–H and O–H groups in total. The minimum Gasteiger partial charge on any atom is -0.339 e. The van der Waals surface area contributed by atoms with Crippen LogP contribution in [0.25, 0.3) is 0 Å².